The highest BCUT2D eigenvalue weighted by atomic mass is 35.7. The summed E-state index contributed by atoms with van der Waals surface area (Å²) >= 11 is 0. The Morgan fingerprint density at radius 3 is 2.10 bits per heavy atom. The van der Waals surface area contributed by atoms with Crippen molar-refractivity contribution < 1.29 is 8.42 Å². The molecule has 1 aliphatic rings. The quantitative estimate of drug-likeness (QED) is 0.610. The van der Waals surface area contributed by atoms with Crippen molar-refractivity contribution in [3.8, 4) is 0 Å². The number of halogens is 1. The van der Waals surface area contributed by atoms with Gasteiger partial charge in [0, 0.05) is 10.7 Å². The molecule has 0 amide bonds. The van der Waals surface area contributed by atoms with Crippen molar-refractivity contribution in [2.75, 3.05) is 5.75 Å². The Labute approximate surface area is 66.0 Å². The van der Waals surface area contributed by atoms with Crippen molar-refractivity contribution in [1.29, 1.82) is 0 Å². The lowest BCUT2D eigenvalue weighted by Gasteiger charge is -2.36. The molecule has 0 aromatic heterocycles. The summed E-state index contributed by atoms with van der Waals surface area (Å²) in [6.07, 6.45) is 3.14. The van der Waals surface area contributed by atoms with Gasteiger partial charge in [-0.3, -0.25) is 0 Å². The molecule has 60 valence electrons. The summed E-state index contributed by atoms with van der Waals surface area (Å²) in [6.45, 7) is 1.97. The standard InChI is InChI=1S/C6H11ClO2S/c1-6(3-2-4-6)5-10(7,8)9/h2-5H2,1H3. The summed E-state index contributed by atoms with van der Waals surface area (Å²) < 4.78 is 21.2. The van der Waals surface area contributed by atoms with Gasteiger partial charge in [0.15, 0.2) is 0 Å². The Morgan fingerprint density at radius 1 is 1.50 bits per heavy atom. The topological polar surface area (TPSA) is 34.1 Å². The van der Waals surface area contributed by atoms with Gasteiger partial charge in [-0.2, -0.15) is 0 Å². The van der Waals surface area contributed by atoms with E-state index in [2.05, 4.69) is 0 Å². The second kappa shape index (κ2) is 2.38. The summed E-state index contributed by atoms with van der Waals surface area (Å²) in [5, 5.41) is 0. The van der Waals surface area contributed by atoms with Crippen LogP contribution in [-0.2, 0) is 9.05 Å². The van der Waals surface area contributed by atoms with Crippen molar-refractivity contribution in [3.05, 3.63) is 0 Å². The van der Waals surface area contributed by atoms with E-state index in [9.17, 15) is 8.42 Å². The minimum atomic E-state index is -3.27. The molecule has 0 saturated heterocycles. The molecular weight excluding hydrogens is 172 g/mol. The normalized spacial score (nSPS) is 23.8. The van der Waals surface area contributed by atoms with Gasteiger partial charge in [0.25, 0.3) is 0 Å². The number of hydrogen-bond acceptors (Lipinski definition) is 2. The van der Waals surface area contributed by atoms with Gasteiger partial charge in [-0.25, -0.2) is 8.42 Å². The Kier molecular flexibility index (Phi) is 1.98. The van der Waals surface area contributed by atoms with E-state index >= 15 is 0 Å². The van der Waals surface area contributed by atoms with Crippen LogP contribution in [0.25, 0.3) is 0 Å². The summed E-state index contributed by atoms with van der Waals surface area (Å²) in [5.74, 6) is 0.140. The van der Waals surface area contributed by atoms with Crippen molar-refractivity contribution in [3.63, 3.8) is 0 Å². The van der Waals surface area contributed by atoms with E-state index < -0.39 is 9.05 Å². The van der Waals surface area contributed by atoms with Gasteiger partial charge in [0.2, 0.25) is 9.05 Å². The van der Waals surface area contributed by atoms with Crippen LogP contribution in [0.3, 0.4) is 0 Å². The average Bonchev–Trinajstić information content (AvgIpc) is 1.57. The minimum Gasteiger partial charge on any atom is -0.212 e. The third kappa shape index (κ3) is 2.13. The second-order valence-corrected chi connectivity index (χ2v) is 6.12. The van der Waals surface area contributed by atoms with Crippen molar-refractivity contribution in [1.82, 2.24) is 0 Å². The molecule has 0 aromatic rings. The second-order valence-electron chi connectivity index (χ2n) is 3.35. The van der Waals surface area contributed by atoms with E-state index in [1.807, 2.05) is 6.92 Å². The zero-order valence-electron chi connectivity index (χ0n) is 5.93. The molecule has 0 spiro atoms. The lowest BCUT2D eigenvalue weighted by atomic mass is 9.72. The van der Waals surface area contributed by atoms with Crippen LogP contribution in [0.5, 0.6) is 0 Å². The van der Waals surface area contributed by atoms with Crippen LogP contribution in [0.4, 0.5) is 0 Å². The maximum atomic E-state index is 10.6. The minimum absolute atomic E-state index is 0.0133. The Hall–Kier alpha value is 0.240. The zero-order chi connectivity index (χ0) is 7.83. The summed E-state index contributed by atoms with van der Waals surface area (Å²) in [7, 11) is 1.83. The van der Waals surface area contributed by atoms with E-state index in [4.69, 9.17) is 10.7 Å². The third-order valence-corrected chi connectivity index (χ3v) is 3.45. The molecule has 0 bridgehead atoms. The predicted octanol–water partition coefficient (Wildman–Crippen LogP) is 1.75. The van der Waals surface area contributed by atoms with Gasteiger partial charge in [-0.05, 0) is 18.3 Å². The summed E-state index contributed by atoms with van der Waals surface area (Å²) in [6, 6.07) is 0. The molecule has 1 fully saturated rings. The third-order valence-electron chi connectivity index (χ3n) is 2.08. The smallest absolute Gasteiger partial charge is 0.212 e. The lowest BCUT2D eigenvalue weighted by Crippen LogP contribution is -2.31. The zero-order valence-corrected chi connectivity index (χ0v) is 7.50. The Morgan fingerprint density at radius 2 is 2.00 bits per heavy atom. The van der Waals surface area contributed by atoms with Crippen LogP contribution in [0.1, 0.15) is 26.2 Å². The highest BCUT2D eigenvalue weighted by Crippen LogP contribution is 2.41. The lowest BCUT2D eigenvalue weighted by molar-refractivity contribution is 0.195. The van der Waals surface area contributed by atoms with Gasteiger partial charge in [-0.1, -0.05) is 13.3 Å². The van der Waals surface area contributed by atoms with Gasteiger partial charge in [-0.15, -0.1) is 0 Å². The fourth-order valence-electron chi connectivity index (χ4n) is 1.34. The maximum absolute atomic E-state index is 10.6. The maximum Gasteiger partial charge on any atom is 0.233 e. The fourth-order valence-corrected chi connectivity index (χ4v) is 3.25. The molecule has 1 aliphatic carbocycles. The Balaban J connectivity index is 2.53. The van der Waals surface area contributed by atoms with Crippen LogP contribution in [-0.4, -0.2) is 14.2 Å². The highest BCUT2D eigenvalue weighted by molar-refractivity contribution is 8.13. The van der Waals surface area contributed by atoms with Crippen LogP contribution < -0.4 is 0 Å². The van der Waals surface area contributed by atoms with Crippen LogP contribution in [0.15, 0.2) is 0 Å². The van der Waals surface area contributed by atoms with Gasteiger partial charge in [0.05, 0.1) is 5.75 Å². The first-order valence-corrected chi connectivity index (χ1v) is 5.82. The molecule has 2 nitrogen and oxygen atoms in total. The molecule has 0 N–H and O–H groups in total. The summed E-state index contributed by atoms with van der Waals surface area (Å²) in [5.41, 5.74) is -0.0133. The van der Waals surface area contributed by atoms with Crippen LogP contribution in [0, 0.1) is 5.41 Å². The monoisotopic (exact) mass is 182 g/mol. The summed E-state index contributed by atoms with van der Waals surface area (Å²) in [4.78, 5) is 0. The Bertz CT molecular complexity index is 216. The number of hydrogen-bond donors (Lipinski definition) is 0. The molecule has 4 heteroatoms. The molecule has 10 heavy (non-hydrogen) atoms. The molecule has 0 aliphatic heterocycles. The molecule has 0 atom stereocenters. The first-order valence-electron chi connectivity index (χ1n) is 3.34. The first-order chi connectivity index (χ1) is 4.41. The SMILES string of the molecule is CC1(CS(=O)(=O)Cl)CCC1. The molecular formula is C6H11ClO2S. The van der Waals surface area contributed by atoms with Gasteiger partial charge in [0.1, 0.15) is 0 Å². The van der Waals surface area contributed by atoms with E-state index in [1.54, 1.807) is 0 Å². The molecule has 0 radical (unpaired) electrons. The molecule has 0 aromatic carbocycles. The average molecular weight is 183 g/mol. The largest absolute Gasteiger partial charge is 0.233 e. The molecule has 0 unspecified atom stereocenters. The van der Waals surface area contributed by atoms with E-state index in [0.717, 1.165) is 19.3 Å². The van der Waals surface area contributed by atoms with Crippen LogP contribution in [0.2, 0.25) is 0 Å². The first kappa shape index (κ1) is 8.34. The predicted molar refractivity (Wildman–Crippen MR) is 41.6 cm³/mol. The van der Waals surface area contributed by atoms with Crippen molar-refractivity contribution in [2.24, 2.45) is 5.41 Å². The van der Waals surface area contributed by atoms with Gasteiger partial charge >= 0.3 is 0 Å². The van der Waals surface area contributed by atoms with Crippen molar-refractivity contribution in [2.45, 2.75) is 26.2 Å². The van der Waals surface area contributed by atoms with Gasteiger partial charge < -0.3 is 0 Å². The molecule has 1 rings (SSSR count). The van der Waals surface area contributed by atoms with E-state index in [-0.39, 0.29) is 11.2 Å². The number of rotatable bonds is 2. The molecule has 0 heterocycles. The fraction of sp³-hybridized carbons (Fsp3) is 1.00. The molecule has 1 saturated carbocycles. The van der Waals surface area contributed by atoms with E-state index in [0.29, 0.717) is 0 Å². The van der Waals surface area contributed by atoms with Crippen LogP contribution >= 0.6 is 10.7 Å². The van der Waals surface area contributed by atoms with E-state index in [1.165, 1.54) is 0 Å². The van der Waals surface area contributed by atoms with Crippen molar-refractivity contribution >= 4 is 19.7 Å². The highest BCUT2D eigenvalue weighted by Gasteiger charge is 2.35.